The Morgan fingerprint density at radius 2 is 1.50 bits per heavy atom. The SMILES string of the molecule is Cc1cccc(C(C)C)c1C(C)C.N=C=N. The zero-order valence-corrected chi connectivity index (χ0v) is 10.9. The third kappa shape index (κ3) is 4.00. The predicted molar refractivity (Wildman–Crippen MR) is 69.8 cm³/mol. The fraction of sp³-hybridized carbons (Fsp3) is 0.500. The van der Waals surface area contributed by atoms with Crippen LogP contribution in [0, 0.1) is 17.7 Å². The van der Waals surface area contributed by atoms with Crippen LogP contribution in [0.5, 0.6) is 0 Å². The van der Waals surface area contributed by atoms with E-state index in [-0.39, 0.29) is 0 Å². The maximum absolute atomic E-state index is 5.62. The molecule has 16 heavy (non-hydrogen) atoms. The Balaban J connectivity index is 0.000000673. The number of aryl methyl sites for hydroxylation is 1. The Morgan fingerprint density at radius 3 is 1.81 bits per heavy atom. The molecule has 0 radical (unpaired) electrons. The Bertz CT molecular complexity index is 359. The monoisotopic (exact) mass is 218 g/mol. The zero-order valence-electron chi connectivity index (χ0n) is 10.9. The van der Waals surface area contributed by atoms with E-state index < -0.39 is 0 Å². The van der Waals surface area contributed by atoms with Gasteiger partial charge in [-0.3, -0.25) is 0 Å². The largest absolute Gasteiger partial charge is 0.242 e. The van der Waals surface area contributed by atoms with E-state index in [4.69, 9.17) is 10.8 Å². The molecule has 0 unspecified atom stereocenters. The zero-order chi connectivity index (χ0) is 12.7. The average Bonchev–Trinajstić information content (AvgIpc) is 2.17. The summed E-state index contributed by atoms with van der Waals surface area (Å²) in [6, 6.07) is 7.88. The summed E-state index contributed by atoms with van der Waals surface area (Å²) in [5.41, 5.74) is 4.48. The van der Waals surface area contributed by atoms with E-state index in [1.165, 1.54) is 22.7 Å². The second-order valence-electron chi connectivity index (χ2n) is 4.51. The summed E-state index contributed by atoms with van der Waals surface area (Å²) in [6.07, 6.45) is 0. The third-order valence-corrected chi connectivity index (χ3v) is 2.56. The highest BCUT2D eigenvalue weighted by atomic mass is 14.4. The van der Waals surface area contributed by atoms with Crippen molar-refractivity contribution in [3.63, 3.8) is 0 Å². The van der Waals surface area contributed by atoms with Crippen LogP contribution in [0.3, 0.4) is 0 Å². The van der Waals surface area contributed by atoms with Crippen LogP contribution < -0.4 is 0 Å². The maximum Gasteiger partial charge on any atom is 0.0831 e. The molecule has 2 heteroatoms. The summed E-state index contributed by atoms with van der Waals surface area (Å²) < 4.78 is 0. The molecule has 1 aromatic carbocycles. The van der Waals surface area contributed by atoms with E-state index in [0.29, 0.717) is 11.8 Å². The van der Waals surface area contributed by atoms with E-state index in [2.05, 4.69) is 52.8 Å². The molecule has 0 heterocycles. The first-order valence-corrected chi connectivity index (χ1v) is 5.63. The molecule has 0 atom stereocenters. The first-order chi connectivity index (χ1) is 7.45. The first-order valence-electron chi connectivity index (χ1n) is 5.63. The van der Waals surface area contributed by atoms with Crippen molar-refractivity contribution in [1.29, 1.82) is 10.8 Å². The van der Waals surface area contributed by atoms with Gasteiger partial charge < -0.3 is 0 Å². The summed E-state index contributed by atoms with van der Waals surface area (Å²) in [4.78, 5) is 0. The Morgan fingerprint density at radius 1 is 1.00 bits per heavy atom. The van der Waals surface area contributed by atoms with Crippen LogP contribution in [0.1, 0.15) is 56.2 Å². The van der Waals surface area contributed by atoms with Crippen LogP contribution in [-0.2, 0) is 0 Å². The fourth-order valence-corrected chi connectivity index (χ4v) is 2.00. The van der Waals surface area contributed by atoms with Crippen molar-refractivity contribution in [2.45, 2.75) is 46.5 Å². The van der Waals surface area contributed by atoms with Crippen LogP contribution >= 0.6 is 0 Å². The van der Waals surface area contributed by atoms with Gasteiger partial charge >= 0.3 is 0 Å². The van der Waals surface area contributed by atoms with Gasteiger partial charge in [-0.1, -0.05) is 45.9 Å². The normalized spacial score (nSPS) is 9.69. The second-order valence-corrected chi connectivity index (χ2v) is 4.51. The van der Waals surface area contributed by atoms with Crippen molar-refractivity contribution in [1.82, 2.24) is 0 Å². The molecule has 0 aliphatic heterocycles. The molecule has 1 aromatic rings. The van der Waals surface area contributed by atoms with Gasteiger partial charge in [0.25, 0.3) is 0 Å². The van der Waals surface area contributed by atoms with Crippen molar-refractivity contribution >= 4 is 6.01 Å². The van der Waals surface area contributed by atoms with Gasteiger partial charge in [-0.15, -0.1) is 0 Å². The highest BCUT2D eigenvalue weighted by molar-refractivity contribution is 5.38. The highest BCUT2D eigenvalue weighted by Gasteiger charge is 2.11. The fourth-order valence-electron chi connectivity index (χ4n) is 2.00. The quantitative estimate of drug-likeness (QED) is 0.684. The molecule has 0 spiro atoms. The van der Waals surface area contributed by atoms with Crippen LogP contribution in [0.2, 0.25) is 0 Å². The Labute approximate surface area is 98.7 Å². The van der Waals surface area contributed by atoms with Crippen molar-refractivity contribution in [2.75, 3.05) is 0 Å². The van der Waals surface area contributed by atoms with Gasteiger partial charge in [-0.2, -0.15) is 0 Å². The molecule has 0 aromatic heterocycles. The lowest BCUT2D eigenvalue weighted by Gasteiger charge is -2.18. The number of hydrogen-bond donors (Lipinski definition) is 2. The molecule has 1 rings (SSSR count). The molecule has 0 aliphatic carbocycles. The van der Waals surface area contributed by atoms with Crippen LogP contribution in [0.4, 0.5) is 0 Å². The predicted octanol–water partition coefficient (Wildman–Crippen LogP) is 4.56. The summed E-state index contributed by atoms with van der Waals surface area (Å²) in [6.45, 7) is 11.3. The van der Waals surface area contributed by atoms with E-state index in [1.807, 2.05) is 0 Å². The van der Waals surface area contributed by atoms with E-state index in [0.717, 1.165) is 0 Å². The highest BCUT2D eigenvalue weighted by Crippen LogP contribution is 2.28. The van der Waals surface area contributed by atoms with Gasteiger partial charge in [0.05, 0.1) is 6.01 Å². The van der Waals surface area contributed by atoms with Gasteiger partial charge in [-0.25, -0.2) is 10.8 Å². The molecule has 2 nitrogen and oxygen atoms in total. The van der Waals surface area contributed by atoms with Crippen LogP contribution in [0.15, 0.2) is 18.2 Å². The molecular weight excluding hydrogens is 196 g/mol. The number of nitrogens with one attached hydrogen (secondary N) is 2. The van der Waals surface area contributed by atoms with Gasteiger partial charge in [0.15, 0.2) is 0 Å². The standard InChI is InChI=1S/C13H20.CH2N2/c1-9(2)12-8-6-7-11(5)13(12)10(3)4;2-1-3/h6-10H,1-5H3;2-3H. The minimum atomic E-state index is 0.636. The number of hydrogen-bond acceptors (Lipinski definition) is 2. The molecule has 2 N–H and O–H groups in total. The average molecular weight is 218 g/mol. The third-order valence-electron chi connectivity index (χ3n) is 2.56. The van der Waals surface area contributed by atoms with Crippen molar-refractivity contribution in [3.05, 3.63) is 34.9 Å². The van der Waals surface area contributed by atoms with Gasteiger partial charge in [-0.05, 0) is 35.4 Å². The molecular formula is C14H22N2. The van der Waals surface area contributed by atoms with Gasteiger partial charge in [0, 0.05) is 0 Å². The lowest BCUT2D eigenvalue weighted by atomic mass is 9.87. The summed E-state index contributed by atoms with van der Waals surface area (Å²) in [5.74, 6) is 1.27. The summed E-state index contributed by atoms with van der Waals surface area (Å²) in [7, 11) is 0. The lowest BCUT2D eigenvalue weighted by Crippen LogP contribution is -2.00. The second kappa shape index (κ2) is 6.97. The van der Waals surface area contributed by atoms with Crippen LogP contribution in [-0.4, -0.2) is 6.01 Å². The molecule has 0 bridgehead atoms. The minimum absolute atomic E-state index is 0.636. The molecule has 0 fully saturated rings. The number of rotatable bonds is 2. The number of benzene rings is 1. The lowest BCUT2D eigenvalue weighted by molar-refractivity contribution is 0.783. The molecule has 0 amide bonds. The minimum Gasteiger partial charge on any atom is -0.242 e. The molecule has 0 aliphatic rings. The van der Waals surface area contributed by atoms with Gasteiger partial charge in [0.1, 0.15) is 0 Å². The van der Waals surface area contributed by atoms with Crippen molar-refractivity contribution < 1.29 is 0 Å². The van der Waals surface area contributed by atoms with E-state index in [1.54, 1.807) is 0 Å². The van der Waals surface area contributed by atoms with E-state index >= 15 is 0 Å². The van der Waals surface area contributed by atoms with Crippen LogP contribution in [0.25, 0.3) is 0 Å². The van der Waals surface area contributed by atoms with Crippen molar-refractivity contribution in [3.8, 4) is 0 Å². The van der Waals surface area contributed by atoms with E-state index in [9.17, 15) is 0 Å². The molecule has 0 saturated carbocycles. The smallest absolute Gasteiger partial charge is 0.0831 e. The Kier molecular flexibility index (Phi) is 6.36. The van der Waals surface area contributed by atoms with Gasteiger partial charge in [0.2, 0.25) is 0 Å². The maximum atomic E-state index is 5.62. The van der Waals surface area contributed by atoms with Crippen molar-refractivity contribution in [2.24, 2.45) is 0 Å². The summed E-state index contributed by atoms with van der Waals surface area (Å²) >= 11 is 0. The first kappa shape index (κ1) is 14.6. The molecule has 0 saturated heterocycles. The molecule has 88 valence electrons. The Hall–Kier alpha value is -1.40. The summed E-state index contributed by atoms with van der Waals surface area (Å²) in [5, 5.41) is 11.2. The topological polar surface area (TPSA) is 47.7 Å².